The van der Waals surface area contributed by atoms with E-state index in [-0.39, 0.29) is 0 Å². The topological polar surface area (TPSA) is 56.2 Å². The van der Waals surface area contributed by atoms with E-state index in [1.165, 1.54) is 5.69 Å². The molecule has 0 spiro atoms. The molecule has 3 rings (SSSR count). The lowest BCUT2D eigenvalue weighted by Crippen LogP contribution is -2.08. The number of hydrogen-bond acceptors (Lipinski definition) is 4. The maximum atomic E-state index is 5.79. The van der Waals surface area contributed by atoms with Crippen molar-refractivity contribution < 1.29 is 0 Å². The van der Waals surface area contributed by atoms with Gasteiger partial charge in [-0.3, -0.25) is 9.38 Å². The van der Waals surface area contributed by atoms with Gasteiger partial charge in [0.05, 0.1) is 11.4 Å². The van der Waals surface area contributed by atoms with Crippen molar-refractivity contribution in [1.82, 2.24) is 14.4 Å². The highest BCUT2D eigenvalue weighted by Crippen LogP contribution is 2.31. The fourth-order valence-electron chi connectivity index (χ4n) is 2.49. The minimum absolute atomic E-state index is 0.408. The Hall–Kier alpha value is -1.72. The lowest BCUT2D eigenvalue weighted by molar-refractivity contribution is 0.792. The minimum Gasteiger partial charge on any atom is -0.330 e. The number of nitrogens with two attached hydrogens (primary N) is 1. The lowest BCUT2D eigenvalue weighted by atomic mass is 10.1. The number of aromatic nitrogens is 3. The van der Waals surface area contributed by atoms with Gasteiger partial charge in [-0.2, -0.15) is 0 Å². The Morgan fingerprint density at radius 3 is 2.90 bits per heavy atom. The molecule has 20 heavy (non-hydrogen) atoms. The van der Waals surface area contributed by atoms with Crippen LogP contribution in [0.1, 0.15) is 31.2 Å². The highest BCUT2D eigenvalue weighted by Gasteiger charge is 2.18. The number of nitrogens with zero attached hydrogens (tertiary/aromatic N) is 3. The average molecular weight is 286 g/mol. The molecule has 0 atom stereocenters. The Morgan fingerprint density at radius 1 is 1.40 bits per heavy atom. The van der Waals surface area contributed by atoms with E-state index in [2.05, 4.69) is 34.7 Å². The fourth-order valence-corrected chi connectivity index (χ4v) is 3.41. The highest BCUT2D eigenvalue weighted by molar-refractivity contribution is 7.15. The van der Waals surface area contributed by atoms with Crippen molar-refractivity contribution in [3.05, 3.63) is 41.3 Å². The maximum absolute atomic E-state index is 5.79. The van der Waals surface area contributed by atoms with Crippen LogP contribution in [0, 0.1) is 0 Å². The second-order valence-electron chi connectivity index (χ2n) is 5.12. The van der Waals surface area contributed by atoms with Gasteiger partial charge in [-0.05, 0) is 24.6 Å². The molecular formula is C15H18N4S. The molecule has 3 aromatic heterocycles. The lowest BCUT2D eigenvalue weighted by Gasteiger charge is -2.08. The van der Waals surface area contributed by atoms with E-state index in [0.717, 1.165) is 28.3 Å². The predicted octanol–water partition coefficient (Wildman–Crippen LogP) is 3.08. The van der Waals surface area contributed by atoms with Crippen LogP contribution in [0.2, 0.25) is 0 Å². The molecule has 4 nitrogen and oxygen atoms in total. The van der Waals surface area contributed by atoms with Gasteiger partial charge in [0, 0.05) is 35.5 Å². The summed E-state index contributed by atoms with van der Waals surface area (Å²) in [5.41, 5.74) is 10.4. The first kappa shape index (κ1) is 13.3. The van der Waals surface area contributed by atoms with E-state index in [4.69, 9.17) is 10.7 Å². The molecule has 3 aromatic rings. The molecule has 0 aliphatic rings. The zero-order valence-electron chi connectivity index (χ0n) is 11.7. The van der Waals surface area contributed by atoms with Gasteiger partial charge in [-0.1, -0.05) is 13.8 Å². The van der Waals surface area contributed by atoms with Crippen LogP contribution in [0.4, 0.5) is 0 Å². The number of hydrogen-bond donors (Lipinski definition) is 1. The third kappa shape index (κ3) is 2.13. The van der Waals surface area contributed by atoms with Crippen molar-refractivity contribution in [3.63, 3.8) is 0 Å². The number of rotatable bonds is 4. The molecule has 0 aliphatic carbocycles. The van der Waals surface area contributed by atoms with Crippen LogP contribution in [0.25, 0.3) is 16.2 Å². The molecule has 3 heterocycles. The van der Waals surface area contributed by atoms with E-state index < -0.39 is 0 Å². The Balaban J connectivity index is 2.24. The van der Waals surface area contributed by atoms with Gasteiger partial charge in [-0.15, -0.1) is 11.3 Å². The number of fused-ring (bicyclic) bond motifs is 1. The molecule has 0 amide bonds. The molecule has 104 valence electrons. The normalized spacial score (nSPS) is 11.6. The summed E-state index contributed by atoms with van der Waals surface area (Å²) in [5, 5.41) is 2.14. The van der Waals surface area contributed by atoms with Crippen molar-refractivity contribution >= 4 is 16.3 Å². The maximum Gasteiger partial charge on any atom is 0.194 e. The molecule has 0 saturated carbocycles. The Morgan fingerprint density at radius 2 is 2.25 bits per heavy atom. The molecular weight excluding hydrogens is 268 g/mol. The monoisotopic (exact) mass is 286 g/mol. The number of pyridine rings is 1. The van der Waals surface area contributed by atoms with Gasteiger partial charge in [0.25, 0.3) is 0 Å². The summed E-state index contributed by atoms with van der Waals surface area (Å²) in [4.78, 5) is 10.0. The van der Waals surface area contributed by atoms with Gasteiger partial charge in [0.2, 0.25) is 0 Å². The van der Waals surface area contributed by atoms with Gasteiger partial charge in [0.15, 0.2) is 4.96 Å². The van der Waals surface area contributed by atoms with Crippen LogP contribution in [0.5, 0.6) is 0 Å². The van der Waals surface area contributed by atoms with Crippen LogP contribution in [0.15, 0.2) is 29.9 Å². The predicted molar refractivity (Wildman–Crippen MR) is 83.1 cm³/mol. The third-order valence-electron chi connectivity index (χ3n) is 3.38. The number of thiazole rings is 1. The quantitative estimate of drug-likeness (QED) is 0.802. The zero-order chi connectivity index (χ0) is 14.1. The first-order valence-electron chi connectivity index (χ1n) is 6.81. The molecule has 5 heteroatoms. The molecule has 0 radical (unpaired) electrons. The highest BCUT2D eigenvalue weighted by atomic mass is 32.1. The summed E-state index contributed by atoms with van der Waals surface area (Å²) < 4.78 is 2.24. The second kappa shape index (κ2) is 5.34. The average Bonchev–Trinajstić information content (AvgIpc) is 3.00. The van der Waals surface area contributed by atoms with Crippen LogP contribution in [0.3, 0.4) is 0 Å². The van der Waals surface area contributed by atoms with E-state index in [9.17, 15) is 0 Å². The zero-order valence-corrected chi connectivity index (χ0v) is 12.5. The molecule has 0 aliphatic heterocycles. The molecule has 2 N–H and O–H groups in total. The van der Waals surface area contributed by atoms with E-state index in [0.29, 0.717) is 12.5 Å². The Kier molecular flexibility index (Phi) is 3.54. The van der Waals surface area contributed by atoms with Gasteiger partial charge in [0.1, 0.15) is 0 Å². The summed E-state index contributed by atoms with van der Waals surface area (Å²) in [5.74, 6) is 0.408. The standard InChI is InChI=1S/C15H18N4S/c1-10(2)14-12(5-6-16)19-13(9-20-15(19)18-14)11-4-3-7-17-8-11/h3-4,7-10H,5-6,16H2,1-2H3. The summed E-state index contributed by atoms with van der Waals surface area (Å²) in [6.07, 6.45) is 4.53. The van der Waals surface area contributed by atoms with Gasteiger partial charge in [-0.25, -0.2) is 4.98 Å². The van der Waals surface area contributed by atoms with Crippen molar-refractivity contribution in [2.75, 3.05) is 6.54 Å². The van der Waals surface area contributed by atoms with E-state index in [1.54, 1.807) is 17.5 Å². The molecule has 0 unspecified atom stereocenters. The first-order chi connectivity index (χ1) is 9.72. The van der Waals surface area contributed by atoms with Gasteiger partial charge < -0.3 is 5.73 Å². The van der Waals surface area contributed by atoms with Crippen molar-refractivity contribution in [3.8, 4) is 11.3 Å². The summed E-state index contributed by atoms with van der Waals surface area (Å²) in [7, 11) is 0. The van der Waals surface area contributed by atoms with Crippen LogP contribution in [-0.2, 0) is 6.42 Å². The largest absolute Gasteiger partial charge is 0.330 e. The SMILES string of the molecule is CC(C)c1nc2scc(-c3cccnc3)n2c1CCN. The Labute approximate surface area is 122 Å². The minimum atomic E-state index is 0.408. The van der Waals surface area contributed by atoms with Crippen LogP contribution in [-0.4, -0.2) is 20.9 Å². The Bertz CT molecular complexity index is 712. The first-order valence-corrected chi connectivity index (χ1v) is 7.69. The van der Waals surface area contributed by atoms with Crippen LogP contribution >= 0.6 is 11.3 Å². The molecule has 0 saturated heterocycles. The van der Waals surface area contributed by atoms with Crippen molar-refractivity contribution in [2.45, 2.75) is 26.2 Å². The van der Waals surface area contributed by atoms with E-state index in [1.807, 2.05) is 12.3 Å². The smallest absolute Gasteiger partial charge is 0.194 e. The molecule has 0 bridgehead atoms. The van der Waals surface area contributed by atoms with Crippen molar-refractivity contribution in [2.24, 2.45) is 5.73 Å². The summed E-state index contributed by atoms with van der Waals surface area (Å²) in [6, 6.07) is 4.04. The molecule has 0 aromatic carbocycles. The third-order valence-corrected chi connectivity index (χ3v) is 4.20. The fraction of sp³-hybridized carbons (Fsp3) is 0.333. The molecule has 0 fully saturated rings. The van der Waals surface area contributed by atoms with Crippen molar-refractivity contribution in [1.29, 1.82) is 0 Å². The van der Waals surface area contributed by atoms with Gasteiger partial charge >= 0.3 is 0 Å². The summed E-state index contributed by atoms with van der Waals surface area (Å²) >= 11 is 1.67. The number of imidazole rings is 1. The second-order valence-corrected chi connectivity index (χ2v) is 5.95. The van der Waals surface area contributed by atoms with Crippen LogP contribution < -0.4 is 5.73 Å². The van der Waals surface area contributed by atoms with E-state index >= 15 is 0 Å². The summed E-state index contributed by atoms with van der Waals surface area (Å²) in [6.45, 7) is 4.99.